The largest absolute Gasteiger partial charge is 0.390 e. The number of fused-ring (bicyclic) bond motifs is 18. The lowest BCUT2D eigenvalue weighted by molar-refractivity contribution is -0.188. The highest BCUT2D eigenvalue weighted by molar-refractivity contribution is 9.09. The molecule has 0 radical (unpaired) electrons. The number of rotatable bonds is 11. The van der Waals surface area contributed by atoms with Crippen molar-refractivity contribution in [1.29, 1.82) is 0 Å². The lowest BCUT2D eigenvalue weighted by Crippen LogP contribution is -2.60. The number of hydrogen-bond acceptors (Lipinski definition) is 15. The van der Waals surface area contributed by atoms with Crippen molar-refractivity contribution in [3.63, 3.8) is 0 Å². The van der Waals surface area contributed by atoms with Crippen LogP contribution >= 0.6 is 15.9 Å². The molecule has 0 amide bonds. The van der Waals surface area contributed by atoms with Crippen molar-refractivity contribution in [3.8, 4) is 0 Å². The van der Waals surface area contributed by atoms with Gasteiger partial charge in [0.05, 0.1) is 89.0 Å². The van der Waals surface area contributed by atoms with Crippen molar-refractivity contribution in [2.24, 2.45) is 121 Å². The van der Waals surface area contributed by atoms with Crippen LogP contribution in [0.4, 0.5) is 0 Å². The van der Waals surface area contributed by atoms with Gasteiger partial charge in [-0.15, -0.1) is 0 Å². The minimum atomic E-state index is -0.516. The fourth-order valence-corrected chi connectivity index (χ4v) is 28.6. The van der Waals surface area contributed by atoms with Gasteiger partial charge in [0.1, 0.15) is 17.8 Å². The van der Waals surface area contributed by atoms with Crippen molar-refractivity contribution in [2.75, 3.05) is 26.7 Å². The third-order valence-electron chi connectivity index (χ3n) is 33.9. The van der Waals surface area contributed by atoms with Crippen LogP contribution < -0.4 is 0 Å². The fraction of sp³-hybridized carbons (Fsp3) is 0.767. The third kappa shape index (κ3) is 14.3. The molecule has 6 aromatic rings. The molecule has 4 N–H and O–H groups in total. The van der Waals surface area contributed by atoms with E-state index in [1.165, 1.54) is 44.9 Å². The van der Waals surface area contributed by atoms with Gasteiger partial charge in [0.25, 0.3) is 0 Å². The highest BCUT2D eigenvalue weighted by atomic mass is 79.9. The highest BCUT2D eigenvalue weighted by Gasteiger charge is 2.69. The number of pyridine rings is 3. The molecular formula is C90H136BrN9O9. The van der Waals surface area contributed by atoms with Crippen LogP contribution in [0.2, 0.25) is 0 Å². The Morgan fingerprint density at radius 3 is 1.30 bits per heavy atom. The highest BCUT2D eigenvalue weighted by Crippen LogP contribution is 2.72. The van der Waals surface area contributed by atoms with Crippen molar-refractivity contribution < 1.29 is 43.9 Å². The average molecular weight is 1570 g/mol. The Kier molecular flexibility index (Phi) is 24.0. The smallest absolute Gasteiger partial charge is 0.158 e. The molecule has 0 aliphatic heterocycles. The van der Waals surface area contributed by atoms with Crippen LogP contribution in [0.15, 0.2) is 74.0 Å². The summed E-state index contributed by atoms with van der Waals surface area (Å²) in [7, 11) is 5.57. The average Bonchev–Trinajstić information content (AvgIpc) is 1.67. The maximum atomic E-state index is 13.8. The maximum absolute atomic E-state index is 13.8. The number of nitrogens with one attached hydrogen (secondary N) is 1. The zero-order valence-corrected chi connectivity index (χ0v) is 67.2. The number of Topliss-reactive ketones (excluding diaryl/α,β-unsaturated/α-hetero) is 3. The number of halogens is 1. The van der Waals surface area contributed by atoms with E-state index < -0.39 is 16.8 Å². The summed E-state index contributed by atoms with van der Waals surface area (Å²) < 4.78 is 22.3. The van der Waals surface area contributed by atoms with Gasteiger partial charge in [-0.05, 0) is 280 Å². The molecule has 12 aliphatic rings. The number of ether oxygens (including phenoxy) is 3. The van der Waals surface area contributed by atoms with E-state index in [4.69, 9.17) is 14.2 Å². The Labute approximate surface area is 659 Å². The summed E-state index contributed by atoms with van der Waals surface area (Å²) in [6, 6.07) is 5.80. The van der Waals surface area contributed by atoms with Crippen LogP contribution in [0.5, 0.6) is 0 Å². The van der Waals surface area contributed by atoms with Crippen LogP contribution in [0.1, 0.15) is 239 Å². The number of ketones is 3. The molecule has 12 aliphatic carbocycles. The lowest BCUT2D eigenvalue weighted by Gasteiger charge is -2.63. The molecule has 0 spiro atoms. The van der Waals surface area contributed by atoms with Crippen LogP contribution in [0.3, 0.4) is 0 Å². The second kappa shape index (κ2) is 31.4. The number of H-pyrrole nitrogens is 1. The molecule has 0 aromatic carbocycles. The Morgan fingerprint density at radius 1 is 0.477 bits per heavy atom. The summed E-state index contributed by atoms with van der Waals surface area (Å²) in [5.41, 5.74) is 1.83. The van der Waals surface area contributed by atoms with E-state index in [9.17, 15) is 29.7 Å². The van der Waals surface area contributed by atoms with E-state index >= 15 is 0 Å². The number of hydrogen-bond donors (Lipinski definition) is 4. The molecule has 6 heterocycles. The Hall–Kier alpha value is -4.89. The van der Waals surface area contributed by atoms with E-state index in [0.717, 1.165) is 148 Å². The van der Waals surface area contributed by atoms with Gasteiger partial charge in [-0.3, -0.25) is 43.8 Å². The first-order valence-corrected chi connectivity index (χ1v) is 42.2. The molecule has 109 heavy (non-hydrogen) atoms. The van der Waals surface area contributed by atoms with Gasteiger partial charge in [-0.25, -0.2) is 0 Å². The molecule has 12 saturated carbocycles. The molecule has 0 bridgehead atoms. The number of aromatic amines is 1. The number of carbonyl (C=O) groups excluding carboxylic acids is 3. The van der Waals surface area contributed by atoms with Crippen LogP contribution in [-0.4, -0.2) is 139 Å². The minimum Gasteiger partial charge on any atom is -0.390 e. The first-order chi connectivity index (χ1) is 50.5. The van der Waals surface area contributed by atoms with E-state index in [0.29, 0.717) is 100 Å². The maximum Gasteiger partial charge on any atom is 0.158 e. The normalized spacial score (nSPS) is 43.3. The summed E-state index contributed by atoms with van der Waals surface area (Å²) in [4.78, 5) is 52.7. The number of aliphatic hydroxyl groups is 3. The van der Waals surface area contributed by atoms with E-state index in [1.54, 1.807) is 48.1 Å². The molecule has 18 nitrogen and oxygen atoms in total. The number of nitrogens with zero attached hydrogens (tertiary/aromatic N) is 8. The van der Waals surface area contributed by atoms with E-state index in [1.807, 2.05) is 77.4 Å². The zero-order valence-electron chi connectivity index (χ0n) is 65.7. The molecule has 27 atom stereocenters. The summed E-state index contributed by atoms with van der Waals surface area (Å²) in [6.45, 7) is 21.3. The van der Waals surface area contributed by atoms with Crippen molar-refractivity contribution in [3.05, 3.63) is 74.0 Å². The first-order valence-electron chi connectivity index (χ1n) is 41.1. The summed E-state index contributed by atoms with van der Waals surface area (Å²) in [5.74, 6) is 8.55. The predicted molar refractivity (Wildman–Crippen MR) is 434 cm³/mol. The quantitative estimate of drug-likeness (QED) is 0.0882. The zero-order chi connectivity index (χ0) is 74.9. The van der Waals surface area contributed by atoms with Gasteiger partial charge in [0, 0.05) is 96.3 Å². The van der Waals surface area contributed by atoms with E-state index in [-0.39, 0.29) is 91.2 Å². The molecule has 0 saturated heterocycles. The second-order valence-corrected chi connectivity index (χ2v) is 39.4. The van der Waals surface area contributed by atoms with Gasteiger partial charge in [-0.1, -0.05) is 79.8 Å². The molecule has 0 unspecified atom stereocenters. The van der Waals surface area contributed by atoms with Gasteiger partial charge in [-0.2, -0.15) is 15.3 Å². The van der Waals surface area contributed by atoms with Gasteiger partial charge >= 0.3 is 0 Å². The number of aromatic nitrogens is 9. The van der Waals surface area contributed by atoms with E-state index in [2.05, 4.69) is 92.8 Å². The third-order valence-corrected chi connectivity index (χ3v) is 34.5. The monoisotopic (exact) mass is 1570 g/mol. The number of methoxy groups -OCH3 is 3. The van der Waals surface area contributed by atoms with Gasteiger partial charge in [0.2, 0.25) is 0 Å². The number of alkyl halides is 1. The molecule has 18 rings (SSSR count). The van der Waals surface area contributed by atoms with Crippen LogP contribution in [-0.2, 0) is 41.7 Å². The van der Waals surface area contributed by atoms with Crippen molar-refractivity contribution in [2.45, 2.75) is 287 Å². The Bertz CT molecular complexity index is 4100. The fourth-order valence-electron chi connectivity index (χ4n) is 28.2. The topological polar surface area (TPSA) is 243 Å². The molecule has 19 heteroatoms. The molecular weight excluding hydrogens is 1430 g/mol. The Balaban J connectivity index is 0.000000143. The summed E-state index contributed by atoms with van der Waals surface area (Å²) in [5, 5.41) is 51.7. The van der Waals surface area contributed by atoms with Crippen molar-refractivity contribution in [1.82, 2.24) is 44.7 Å². The summed E-state index contributed by atoms with van der Waals surface area (Å²) in [6.07, 6.45) is 42.4. The lowest BCUT2D eigenvalue weighted by atomic mass is 9.43. The van der Waals surface area contributed by atoms with Gasteiger partial charge < -0.3 is 29.5 Å². The molecule has 12 fully saturated rings. The Morgan fingerprint density at radius 2 is 0.881 bits per heavy atom. The van der Waals surface area contributed by atoms with Crippen LogP contribution in [0.25, 0.3) is 32.7 Å². The SMILES string of the molecule is C.C.C.CO[C@H]1C[C@H]2[C@@H](CC[C@H]3C[C@](C)(O)CC[C@@]32C)[C@@H]2CC[C@H](C(=O)CBr)[C@@]12C.CO[C@H]1C[C@H]2[C@@H](CC[C@H]3C[C@](C)(O)CC[C@@]32C)[C@@H]2CC[C@H](C(=O)Cn3cc4ccncc4n3)[C@@]12C.CO[C@H]1C[C@H]2[C@@H](CC[C@H]3C[C@](C)(O)CC[C@@]32C)[C@@H]2CC[C@H](C(=O)Cn3ncc4ccncc43)[C@@]12C.c1cc2cn[nH]c2cn1. The standard InChI is InChI=1S/2C29H41N3O3.C23H37BrO3.C6H5N3.3CH4/c1-27(34)10-11-28(2)19(14-27)5-6-20-21-7-8-22(29(21,3)26(35-4)13-23(20)28)25(33)17-32-16-18-9-12-30-15-24(18)31-32;1-27(34)10-11-28(2)19(14-27)5-6-20-21-7-8-22(29(21,3)26(35-4)13-23(20)28)25(33)17-32-24-16-30-12-9-18(24)15-31-32;1-21(26)9-10-22(2)14(12-21)5-6-15-16-7-8-17(19(25)13-24)23(16,3)20(27-4)11-18(15)22;1-2-7-4-6-5(1)3-8-9-6;;;/h2*9,12,15-16,19-23,26,34H,5-8,10-11,13-14,17H2,1-4H3;14-18,20,26H,5-13H2,1-4H3;1-4H,(H,8,9);3*1H4/t2*19-,20-,21-,22+,23-,26-,27+,28-,29-;14-,15-,16-,17+,18-,20-,21+,22-,23-;;;;/m000..../s1. The second-order valence-electron chi connectivity index (χ2n) is 38.8. The first kappa shape index (κ1) is 83.5. The summed E-state index contributed by atoms with van der Waals surface area (Å²) >= 11 is 3.43. The predicted octanol–water partition coefficient (Wildman–Crippen LogP) is 17.9. The molecule has 6 aromatic heterocycles. The minimum absolute atomic E-state index is 0. The van der Waals surface area contributed by atoms with Crippen molar-refractivity contribution >= 4 is 66.0 Å². The number of carbonyl (C=O) groups is 3. The van der Waals surface area contributed by atoms with Crippen LogP contribution in [0, 0.1) is 121 Å². The molecule has 602 valence electrons. The van der Waals surface area contributed by atoms with Gasteiger partial charge in [0.15, 0.2) is 11.6 Å².